The number of likely N-dealkylation sites (N-methyl/N-ethyl adjacent to an activating group) is 1. The number of hydrazine groups is 1. The van der Waals surface area contributed by atoms with Crippen LogP contribution in [0.4, 0.5) is 0 Å². The Hall–Kier alpha value is -0.555. The molecule has 0 amide bonds. The van der Waals surface area contributed by atoms with Crippen molar-refractivity contribution >= 4 is 7.12 Å². The molecule has 6 heteroatoms. The average molecular weight is 268 g/mol. The summed E-state index contributed by atoms with van der Waals surface area (Å²) in [5.74, 6) is 0. The lowest BCUT2D eigenvalue weighted by Gasteiger charge is -2.32. The van der Waals surface area contributed by atoms with Gasteiger partial charge in [0.1, 0.15) is 0 Å². The number of rotatable bonds is 3. The third-order valence-corrected chi connectivity index (χ3v) is 4.38. The molecule has 2 heterocycles. The lowest BCUT2D eigenvalue weighted by atomic mass is 9.79. The zero-order chi connectivity index (χ0) is 14.4. The lowest BCUT2D eigenvalue weighted by molar-refractivity contribution is 0.00578. The first-order chi connectivity index (χ1) is 8.68. The van der Waals surface area contributed by atoms with Crippen LogP contribution in [0.15, 0.2) is 11.7 Å². The second-order valence-electron chi connectivity index (χ2n) is 6.52. The van der Waals surface area contributed by atoms with Crippen LogP contribution in [0.5, 0.6) is 0 Å². The van der Waals surface area contributed by atoms with Gasteiger partial charge in [-0.25, -0.2) is 5.01 Å². The van der Waals surface area contributed by atoms with Gasteiger partial charge in [-0.3, -0.25) is 0 Å². The maximum atomic E-state index is 9.27. The van der Waals surface area contributed by atoms with Crippen molar-refractivity contribution in [1.82, 2.24) is 10.0 Å². The first kappa shape index (κ1) is 14.8. The standard InChI is InChI=1S/C13H25BN2O3/c1-10(9-17)16-8-11(7-15(16)6)14-18-12(2,3)13(4,5)19-14/h8,10,17H,7,9H2,1-6H3/t10-/m1/s1. The van der Waals surface area contributed by atoms with E-state index in [0.717, 1.165) is 12.0 Å². The van der Waals surface area contributed by atoms with Gasteiger partial charge >= 0.3 is 7.12 Å². The summed E-state index contributed by atoms with van der Waals surface area (Å²) in [6.07, 6.45) is 2.03. The molecule has 2 aliphatic heterocycles. The van der Waals surface area contributed by atoms with Gasteiger partial charge in [-0.15, -0.1) is 0 Å². The summed E-state index contributed by atoms with van der Waals surface area (Å²) in [6.45, 7) is 11.1. The highest BCUT2D eigenvalue weighted by molar-refractivity contribution is 6.54. The van der Waals surface area contributed by atoms with E-state index in [0.29, 0.717) is 0 Å². The maximum Gasteiger partial charge on any atom is 0.493 e. The fourth-order valence-corrected chi connectivity index (χ4v) is 2.33. The smallest absolute Gasteiger partial charge is 0.399 e. The monoisotopic (exact) mass is 268 g/mol. The third kappa shape index (κ3) is 2.54. The molecule has 1 saturated heterocycles. The largest absolute Gasteiger partial charge is 0.493 e. The molecule has 0 aromatic heterocycles. The summed E-state index contributed by atoms with van der Waals surface area (Å²) < 4.78 is 12.1. The van der Waals surface area contributed by atoms with Gasteiger partial charge in [-0.05, 0) is 40.1 Å². The van der Waals surface area contributed by atoms with E-state index in [-0.39, 0.29) is 31.0 Å². The van der Waals surface area contributed by atoms with Crippen LogP contribution in [-0.4, -0.2) is 59.7 Å². The van der Waals surface area contributed by atoms with E-state index in [1.165, 1.54) is 0 Å². The van der Waals surface area contributed by atoms with E-state index in [1.54, 1.807) is 0 Å². The second-order valence-corrected chi connectivity index (χ2v) is 6.52. The van der Waals surface area contributed by atoms with Crippen LogP contribution in [0.3, 0.4) is 0 Å². The Morgan fingerprint density at radius 3 is 2.32 bits per heavy atom. The molecular weight excluding hydrogens is 243 g/mol. The number of aliphatic hydroxyl groups is 1. The summed E-state index contributed by atoms with van der Waals surface area (Å²) in [6, 6.07) is 0.0601. The lowest BCUT2D eigenvalue weighted by Crippen LogP contribution is -2.41. The Kier molecular flexibility index (Phi) is 3.73. The minimum atomic E-state index is -0.312. The summed E-state index contributed by atoms with van der Waals surface area (Å²) in [4.78, 5) is 0. The highest BCUT2D eigenvalue weighted by atomic mass is 16.7. The maximum absolute atomic E-state index is 9.27. The SMILES string of the molecule is C[C@H](CO)N1C=C(B2OC(C)(C)C(C)(C)O2)CN1C. The first-order valence-corrected chi connectivity index (χ1v) is 6.84. The van der Waals surface area contributed by atoms with Crippen LogP contribution in [0.25, 0.3) is 0 Å². The fourth-order valence-electron chi connectivity index (χ4n) is 2.33. The molecule has 0 spiro atoms. The van der Waals surface area contributed by atoms with Crippen molar-refractivity contribution in [3.63, 3.8) is 0 Å². The molecule has 0 saturated carbocycles. The molecule has 1 atom stereocenters. The highest BCUT2D eigenvalue weighted by Gasteiger charge is 2.53. The van der Waals surface area contributed by atoms with E-state index < -0.39 is 0 Å². The number of hydrogen-bond acceptors (Lipinski definition) is 5. The van der Waals surface area contributed by atoms with Crippen molar-refractivity contribution in [3.05, 3.63) is 11.7 Å². The zero-order valence-electron chi connectivity index (χ0n) is 12.8. The van der Waals surface area contributed by atoms with Crippen molar-refractivity contribution in [2.45, 2.75) is 51.9 Å². The number of hydrogen-bond donors (Lipinski definition) is 1. The molecule has 5 nitrogen and oxygen atoms in total. The average Bonchev–Trinajstić information content (AvgIpc) is 2.77. The Bertz CT molecular complexity index is 368. The van der Waals surface area contributed by atoms with Gasteiger partial charge < -0.3 is 19.4 Å². The van der Waals surface area contributed by atoms with Crippen molar-refractivity contribution in [2.24, 2.45) is 0 Å². The minimum absolute atomic E-state index is 0.0601. The van der Waals surface area contributed by atoms with Gasteiger partial charge in [0.2, 0.25) is 0 Å². The van der Waals surface area contributed by atoms with Gasteiger partial charge in [0.15, 0.2) is 0 Å². The Balaban J connectivity index is 2.13. The predicted octanol–water partition coefficient (Wildman–Crippen LogP) is 1.04. The summed E-state index contributed by atoms with van der Waals surface area (Å²) in [5, 5.41) is 13.4. The summed E-state index contributed by atoms with van der Waals surface area (Å²) >= 11 is 0. The van der Waals surface area contributed by atoms with Crippen LogP contribution in [0, 0.1) is 0 Å². The zero-order valence-corrected chi connectivity index (χ0v) is 12.8. The minimum Gasteiger partial charge on any atom is -0.399 e. The fraction of sp³-hybridized carbons (Fsp3) is 0.846. The Morgan fingerprint density at radius 1 is 1.32 bits per heavy atom. The molecule has 0 bridgehead atoms. The molecule has 0 unspecified atom stereocenters. The molecule has 1 N–H and O–H groups in total. The van der Waals surface area contributed by atoms with Crippen LogP contribution >= 0.6 is 0 Å². The Labute approximate surface area is 116 Å². The van der Waals surface area contributed by atoms with Crippen LogP contribution in [0.2, 0.25) is 0 Å². The van der Waals surface area contributed by atoms with E-state index in [4.69, 9.17) is 9.31 Å². The van der Waals surface area contributed by atoms with E-state index in [2.05, 4.69) is 32.7 Å². The number of aliphatic hydroxyl groups excluding tert-OH is 1. The van der Waals surface area contributed by atoms with Crippen LogP contribution in [-0.2, 0) is 9.31 Å². The Morgan fingerprint density at radius 2 is 1.84 bits per heavy atom. The highest BCUT2D eigenvalue weighted by Crippen LogP contribution is 2.39. The second kappa shape index (κ2) is 4.77. The molecule has 0 aromatic carbocycles. The van der Waals surface area contributed by atoms with Crippen molar-refractivity contribution in [2.75, 3.05) is 20.2 Å². The van der Waals surface area contributed by atoms with Gasteiger partial charge in [0.05, 0.1) is 23.9 Å². The van der Waals surface area contributed by atoms with E-state index >= 15 is 0 Å². The van der Waals surface area contributed by atoms with Gasteiger partial charge in [-0.1, -0.05) is 0 Å². The predicted molar refractivity (Wildman–Crippen MR) is 75.2 cm³/mol. The molecule has 2 aliphatic rings. The van der Waals surface area contributed by atoms with E-state index in [1.807, 2.05) is 25.2 Å². The quantitative estimate of drug-likeness (QED) is 0.775. The molecule has 2 rings (SSSR count). The summed E-state index contributed by atoms with van der Waals surface area (Å²) in [7, 11) is 1.70. The number of nitrogens with zero attached hydrogens (tertiary/aromatic N) is 2. The van der Waals surface area contributed by atoms with Gasteiger partial charge in [0.25, 0.3) is 0 Å². The van der Waals surface area contributed by atoms with Crippen LogP contribution in [0.1, 0.15) is 34.6 Å². The third-order valence-electron chi connectivity index (χ3n) is 4.38. The van der Waals surface area contributed by atoms with Crippen LogP contribution < -0.4 is 0 Å². The van der Waals surface area contributed by atoms with E-state index in [9.17, 15) is 5.11 Å². The van der Waals surface area contributed by atoms with Crippen molar-refractivity contribution in [1.29, 1.82) is 0 Å². The van der Waals surface area contributed by atoms with Crippen molar-refractivity contribution < 1.29 is 14.4 Å². The topological polar surface area (TPSA) is 45.2 Å². The molecular formula is C13H25BN2O3. The summed E-state index contributed by atoms with van der Waals surface area (Å²) in [5.41, 5.74) is 0.474. The van der Waals surface area contributed by atoms with Crippen molar-refractivity contribution in [3.8, 4) is 0 Å². The molecule has 0 aliphatic carbocycles. The first-order valence-electron chi connectivity index (χ1n) is 6.84. The van der Waals surface area contributed by atoms with Gasteiger partial charge in [0, 0.05) is 19.8 Å². The van der Waals surface area contributed by atoms with Gasteiger partial charge in [-0.2, -0.15) is 0 Å². The molecule has 108 valence electrons. The molecule has 0 radical (unpaired) electrons. The molecule has 19 heavy (non-hydrogen) atoms. The molecule has 1 fully saturated rings. The molecule has 0 aromatic rings. The normalized spacial score (nSPS) is 27.8.